The Morgan fingerprint density at radius 2 is 1.90 bits per heavy atom. The van der Waals surface area contributed by atoms with Gasteiger partial charge in [0.05, 0.1) is 10.5 Å². The summed E-state index contributed by atoms with van der Waals surface area (Å²) in [7, 11) is 0. The summed E-state index contributed by atoms with van der Waals surface area (Å²) in [5.74, 6) is -0.257. The topological polar surface area (TPSA) is 58.6 Å². The zero-order valence-electron chi connectivity index (χ0n) is 16.6. The molecule has 0 saturated carbocycles. The third-order valence-electron chi connectivity index (χ3n) is 5.40. The Morgan fingerprint density at radius 1 is 1.17 bits per heavy atom. The number of nitrogens with zero attached hydrogens (tertiary/aromatic N) is 4. The molecular formula is C20H23BrF2N4O2. The van der Waals surface area contributed by atoms with Gasteiger partial charge in [-0.1, -0.05) is 0 Å². The highest BCUT2D eigenvalue weighted by Crippen LogP contribution is 2.35. The molecule has 1 aromatic carbocycles. The molecule has 0 N–H and O–H groups in total. The van der Waals surface area contributed by atoms with Crippen molar-refractivity contribution in [1.29, 1.82) is 0 Å². The van der Waals surface area contributed by atoms with E-state index >= 15 is 0 Å². The van der Waals surface area contributed by atoms with E-state index in [0.717, 1.165) is 12.8 Å². The predicted molar refractivity (Wildman–Crippen MR) is 109 cm³/mol. The number of halogens is 3. The van der Waals surface area contributed by atoms with Gasteiger partial charge in [0, 0.05) is 24.5 Å². The zero-order valence-corrected chi connectivity index (χ0v) is 18.2. The molecule has 2 aliphatic rings. The SMILES string of the molecule is CC(C)(C)OC(=O)N1C2CCC1CN(c1nc(F)nc3c(F)c(Br)ccc13)CC2. The average Bonchev–Trinajstić information content (AvgIpc) is 2.91. The normalized spacial score (nSPS) is 22.1. The predicted octanol–water partition coefficient (Wildman–Crippen LogP) is 4.65. The summed E-state index contributed by atoms with van der Waals surface area (Å²) in [6.45, 7) is 6.61. The van der Waals surface area contributed by atoms with Crippen LogP contribution in [0.2, 0.25) is 0 Å². The summed E-state index contributed by atoms with van der Waals surface area (Å²) < 4.78 is 34.4. The molecule has 2 saturated heterocycles. The molecule has 4 rings (SSSR count). The van der Waals surface area contributed by atoms with E-state index in [1.54, 1.807) is 12.1 Å². The highest BCUT2D eigenvalue weighted by Gasteiger charge is 2.42. The van der Waals surface area contributed by atoms with E-state index in [9.17, 15) is 13.6 Å². The number of fused-ring (bicyclic) bond motifs is 3. The number of hydrogen-bond acceptors (Lipinski definition) is 5. The van der Waals surface area contributed by atoms with Gasteiger partial charge in [0.2, 0.25) is 0 Å². The fourth-order valence-electron chi connectivity index (χ4n) is 4.22. The highest BCUT2D eigenvalue weighted by molar-refractivity contribution is 9.10. The fraction of sp³-hybridized carbons (Fsp3) is 0.550. The van der Waals surface area contributed by atoms with Crippen LogP contribution in [0.3, 0.4) is 0 Å². The smallest absolute Gasteiger partial charge is 0.410 e. The molecular weight excluding hydrogens is 446 g/mol. The molecule has 2 atom stereocenters. The highest BCUT2D eigenvalue weighted by atomic mass is 79.9. The Hall–Kier alpha value is -2.03. The Bertz CT molecular complexity index is 966. The number of carbonyl (C=O) groups excluding carboxylic acids is 1. The maximum Gasteiger partial charge on any atom is 0.410 e. The van der Waals surface area contributed by atoms with Gasteiger partial charge in [-0.25, -0.2) is 9.18 Å². The van der Waals surface area contributed by atoms with Gasteiger partial charge in [-0.15, -0.1) is 0 Å². The van der Waals surface area contributed by atoms with Crippen molar-refractivity contribution in [2.75, 3.05) is 18.0 Å². The molecule has 1 aromatic heterocycles. The van der Waals surface area contributed by atoms with Crippen molar-refractivity contribution in [2.45, 2.75) is 57.7 Å². The summed E-state index contributed by atoms with van der Waals surface area (Å²) in [6, 6.07) is 3.26. The molecule has 3 heterocycles. The van der Waals surface area contributed by atoms with E-state index < -0.39 is 17.5 Å². The van der Waals surface area contributed by atoms with Crippen LogP contribution in [0.25, 0.3) is 10.9 Å². The van der Waals surface area contributed by atoms with E-state index in [-0.39, 0.29) is 28.2 Å². The monoisotopic (exact) mass is 468 g/mol. The molecule has 156 valence electrons. The number of ether oxygens (including phenoxy) is 1. The minimum atomic E-state index is -0.970. The summed E-state index contributed by atoms with van der Waals surface area (Å²) >= 11 is 3.12. The average molecular weight is 469 g/mol. The summed E-state index contributed by atoms with van der Waals surface area (Å²) in [5.41, 5.74) is -0.625. The first-order valence-electron chi connectivity index (χ1n) is 9.71. The van der Waals surface area contributed by atoms with Crippen LogP contribution in [0, 0.1) is 11.9 Å². The van der Waals surface area contributed by atoms with Crippen molar-refractivity contribution in [3.05, 3.63) is 28.5 Å². The molecule has 2 aliphatic heterocycles. The maximum atomic E-state index is 14.5. The molecule has 1 amide bonds. The first kappa shape index (κ1) is 20.3. The minimum absolute atomic E-state index is 0.0553. The molecule has 2 fully saturated rings. The Balaban J connectivity index is 1.67. The second kappa shape index (κ2) is 7.34. The molecule has 0 radical (unpaired) electrons. The van der Waals surface area contributed by atoms with Crippen molar-refractivity contribution < 1.29 is 18.3 Å². The third kappa shape index (κ3) is 3.89. The van der Waals surface area contributed by atoms with Gasteiger partial charge >= 0.3 is 12.2 Å². The van der Waals surface area contributed by atoms with Crippen LogP contribution in [0.4, 0.5) is 19.4 Å². The van der Waals surface area contributed by atoms with Crippen molar-refractivity contribution in [3.8, 4) is 0 Å². The molecule has 6 nitrogen and oxygen atoms in total. The molecule has 0 aliphatic carbocycles. The van der Waals surface area contributed by atoms with Crippen LogP contribution >= 0.6 is 15.9 Å². The summed E-state index contributed by atoms with van der Waals surface area (Å²) in [5, 5.41) is 0.452. The number of hydrogen-bond donors (Lipinski definition) is 0. The van der Waals surface area contributed by atoms with Gasteiger partial charge in [-0.05, 0) is 68.1 Å². The number of anilines is 1. The Kier molecular flexibility index (Phi) is 5.13. The number of benzene rings is 1. The minimum Gasteiger partial charge on any atom is -0.444 e. The summed E-state index contributed by atoms with van der Waals surface area (Å²) in [6.07, 6.45) is 1.18. The molecule has 9 heteroatoms. The lowest BCUT2D eigenvalue weighted by atomic mass is 10.1. The Labute approximate surface area is 176 Å². The van der Waals surface area contributed by atoms with E-state index in [0.29, 0.717) is 30.7 Å². The van der Waals surface area contributed by atoms with Gasteiger partial charge in [-0.2, -0.15) is 14.4 Å². The van der Waals surface area contributed by atoms with Crippen LogP contribution in [0.1, 0.15) is 40.0 Å². The van der Waals surface area contributed by atoms with Crippen LogP contribution in [-0.2, 0) is 4.74 Å². The second-order valence-corrected chi connectivity index (χ2v) is 9.44. The number of aromatic nitrogens is 2. The maximum absolute atomic E-state index is 14.5. The number of amides is 1. The number of rotatable bonds is 1. The van der Waals surface area contributed by atoms with Crippen LogP contribution in [0.5, 0.6) is 0 Å². The van der Waals surface area contributed by atoms with Crippen molar-refractivity contribution in [1.82, 2.24) is 14.9 Å². The van der Waals surface area contributed by atoms with Crippen molar-refractivity contribution in [3.63, 3.8) is 0 Å². The first-order chi connectivity index (χ1) is 13.6. The first-order valence-corrected chi connectivity index (χ1v) is 10.5. The van der Waals surface area contributed by atoms with Crippen LogP contribution in [-0.4, -0.2) is 51.7 Å². The van der Waals surface area contributed by atoms with E-state index in [1.807, 2.05) is 30.6 Å². The van der Waals surface area contributed by atoms with Crippen molar-refractivity contribution >= 4 is 38.7 Å². The lowest BCUT2D eigenvalue weighted by Gasteiger charge is -2.31. The van der Waals surface area contributed by atoms with Crippen LogP contribution < -0.4 is 4.90 Å². The molecule has 29 heavy (non-hydrogen) atoms. The van der Waals surface area contributed by atoms with Gasteiger partial charge in [0.15, 0.2) is 5.82 Å². The van der Waals surface area contributed by atoms with E-state index in [4.69, 9.17) is 4.74 Å². The number of carbonyl (C=O) groups is 1. The molecule has 2 aromatic rings. The molecule has 2 unspecified atom stereocenters. The van der Waals surface area contributed by atoms with Gasteiger partial charge in [-0.3, -0.25) is 0 Å². The lowest BCUT2D eigenvalue weighted by molar-refractivity contribution is 0.0163. The van der Waals surface area contributed by atoms with Gasteiger partial charge in [0.25, 0.3) is 0 Å². The van der Waals surface area contributed by atoms with Gasteiger partial charge in [0.1, 0.15) is 16.9 Å². The molecule has 2 bridgehead atoms. The largest absolute Gasteiger partial charge is 0.444 e. The van der Waals surface area contributed by atoms with E-state index in [2.05, 4.69) is 25.9 Å². The third-order valence-corrected chi connectivity index (χ3v) is 6.01. The standard InChI is InChI=1S/C20H23BrF2N4O2/c1-20(2,3)29-19(28)27-11-4-5-12(27)10-26(9-8-11)17-13-6-7-14(21)15(22)16(13)24-18(23)25-17/h6-7,11-12H,4-5,8-10H2,1-3H3. The summed E-state index contributed by atoms with van der Waals surface area (Å²) in [4.78, 5) is 24.2. The Morgan fingerprint density at radius 3 is 2.62 bits per heavy atom. The fourth-order valence-corrected chi connectivity index (χ4v) is 4.54. The quantitative estimate of drug-likeness (QED) is 0.570. The van der Waals surface area contributed by atoms with Crippen LogP contribution in [0.15, 0.2) is 16.6 Å². The van der Waals surface area contributed by atoms with E-state index in [1.165, 1.54) is 0 Å². The lowest BCUT2D eigenvalue weighted by Crippen LogP contribution is -2.45. The van der Waals surface area contributed by atoms with Gasteiger partial charge < -0.3 is 14.5 Å². The van der Waals surface area contributed by atoms with Crippen molar-refractivity contribution in [2.24, 2.45) is 0 Å². The second-order valence-electron chi connectivity index (χ2n) is 8.58. The zero-order chi connectivity index (χ0) is 20.9. The molecule has 0 spiro atoms.